The Morgan fingerprint density at radius 1 is 1.26 bits per heavy atom. The van der Waals surface area contributed by atoms with E-state index in [-0.39, 0.29) is 23.1 Å². The van der Waals surface area contributed by atoms with Crippen LogP contribution in [0.4, 0.5) is 18.9 Å². The molecule has 162 valence electrons. The van der Waals surface area contributed by atoms with Crippen LogP contribution < -0.4 is 10.1 Å². The number of hydrogen-bond donors (Lipinski definition) is 1. The smallest absolute Gasteiger partial charge is 0.435 e. The highest BCUT2D eigenvalue weighted by Crippen LogP contribution is 2.40. The Bertz CT molecular complexity index is 1110. The van der Waals surface area contributed by atoms with Crippen LogP contribution in [0.1, 0.15) is 53.0 Å². The van der Waals surface area contributed by atoms with E-state index in [1.807, 2.05) is 6.92 Å². The lowest BCUT2D eigenvalue weighted by molar-refractivity contribution is -0.142. The molecule has 0 saturated heterocycles. The molecule has 1 aliphatic carbocycles. The molecule has 7 nitrogen and oxygen atoms in total. The van der Waals surface area contributed by atoms with Gasteiger partial charge in [-0.1, -0.05) is 13.0 Å². The highest BCUT2D eigenvalue weighted by Gasteiger charge is 2.41. The quantitative estimate of drug-likeness (QED) is 0.663. The second-order valence-electron chi connectivity index (χ2n) is 7.38. The van der Waals surface area contributed by atoms with Crippen molar-refractivity contribution in [2.75, 3.05) is 12.4 Å². The van der Waals surface area contributed by atoms with Crippen molar-refractivity contribution in [3.05, 3.63) is 59.2 Å². The standard InChI is InChI=1S/C21H20F3N5O2/c1-12-5-3-8-16-17(12)29(28-18(16)21(22,23)24)15-7-4-6-13(9-15)19(30)27-14-10-25-20(31-2)26-11-14/h4,6-7,9-12H,3,5,8H2,1-2H3,(H,27,30). The number of benzene rings is 1. The topological polar surface area (TPSA) is 81.9 Å². The molecule has 2 heterocycles. The van der Waals surface area contributed by atoms with Crippen LogP contribution in [-0.2, 0) is 12.6 Å². The summed E-state index contributed by atoms with van der Waals surface area (Å²) < 4.78 is 46.9. The van der Waals surface area contributed by atoms with Crippen LogP contribution in [0.5, 0.6) is 6.01 Å². The molecule has 0 fully saturated rings. The summed E-state index contributed by atoms with van der Waals surface area (Å²) in [5.41, 5.74) is 0.991. The molecule has 0 spiro atoms. The number of carbonyl (C=O) groups is 1. The van der Waals surface area contributed by atoms with Gasteiger partial charge in [0.25, 0.3) is 5.91 Å². The van der Waals surface area contributed by atoms with Gasteiger partial charge < -0.3 is 10.1 Å². The van der Waals surface area contributed by atoms with Crippen LogP contribution in [-0.4, -0.2) is 32.8 Å². The van der Waals surface area contributed by atoms with Crippen molar-refractivity contribution in [2.24, 2.45) is 0 Å². The molecule has 0 saturated carbocycles. The predicted octanol–water partition coefficient (Wildman–Crippen LogP) is 4.38. The van der Waals surface area contributed by atoms with Crippen molar-refractivity contribution in [1.82, 2.24) is 19.7 Å². The summed E-state index contributed by atoms with van der Waals surface area (Å²) in [5.74, 6) is -0.512. The van der Waals surface area contributed by atoms with Gasteiger partial charge in [-0.05, 0) is 43.4 Å². The molecular weight excluding hydrogens is 411 g/mol. The second-order valence-corrected chi connectivity index (χ2v) is 7.38. The summed E-state index contributed by atoms with van der Waals surface area (Å²) in [4.78, 5) is 20.5. The Kier molecular flexibility index (Phi) is 5.38. The van der Waals surface area contributed by atoms with Crippen LogP contribution in [0.25, 0.3) is 5.69 Å². The molecule has 0 radical (unpaired) electrons. The molecule has 1 aromatic carbocycles. The van der Waals surface area contributed by atoms with Crippen LogP contribution in [0.15, 0.2) is 36.7 Å². The van der Waals surface area contributed by atoms with Gasteiger partial charge in [-0.3, -0.25) is 4.79 Å². The Hall–Kier alpha value is -3.43. The molecule has 1 amide bonds. The molecule has 31 heavy (non-hydrogen) atoms. The SMILES string of the molecule is COc1ncc(NC(=O)c2cccc(-n3nc(C(F)(F)F)c4c3C(C)CCC4)c2)cn1. The minimum atomic E-state index is -4.53. The molecule has 1 unspecified atom stereocenters. The van der Waals surface area contributed by atoms with Crippen molar-refractivity contribution in [1.29, 1.82) is 0 Å². The number of carbonyl (C=O) groups excluding carboxylic acids is 1. The fourth-order valence-corrected chi connectivity index (χ4v) is 3.83. The number of aromatic nitrogens is 4. The molecule has 4 rings (SSSR count). The molecule has 1 aliphatic rings. The lowest BCUT2D eigenvalue weighted by atomic mass is 9.87. The van der Waals surface area contributed by atoms with Crippen molar-refractivity contribution in [3.8, 4) is 11.7 Å². The first-order valence-electron chi connectivity index (χ1n) is 9.74. The van der Waals surface area contributed by atoms with Gasteiger partial charge in [0.05, 0.1) is 36.6 Å². The third kappa shape index (κ3) is 4.10. The summed E-state index contributed by atoms with van der Waals surface area (Å²) in [6.07, 6.45) is 0.0777. The summed E-state index contributed by atoms with van der Waals surface area (Å²) in [7, 11) is 1.43. The Labute approximate surface area is 176 Å². The highest BCUT2D eigenvalue weighted by molar-refractivity contribution is 6.04. The number of nitrogens with one attached hydrogen (secondary N) is 1. The van der Waals surface area contributed by atoms with Crippen LogP contribution >= 0.6 is 0 Å². The highest BCUT2D eigenvalue weighted by atomic mass is 19.4. The zero-order chi connectivity index (χ0) is 22.2. The van der Waals surface area contributed by atoms with E-state index in [4.69, 9.17) is 4.74 Å². The van der Waals surface area contributed by atoms with E-state index >= 15 is 0 Å². The van der Waals surface area contributed by atoms with E-state index in [1.54, 1.807) is 18.2 Å². The fraction of sp³-hybridized carbons (Fsp3) is 0.333. The summed E-state index contributed by atoms with van der Waals surface area (Å²) in [6, 6.07) is 6.52. The number of fused-ring (bicyclic) bond motifs is 1. The number of methoxy groups -OCH3 is 1. The lowest BCUT2D eigenvalue weighted by Crippen LogP contribution is -2.14. The molecule has 0 aliphatic heterocycles. The number of rotatable bonds is 4. The lowest BCUT2D eigenvalue weighted by Gasteiger charge is -2.21. The minimum Gasteiger partial charge on any atom is -0.467 e. The summed E-state index contributed by atoms with van der Waals surface area (Å²) in [6.45, 7) is 1.90. The predicted molar refractivity (Wildman–Crippen MR) is 106 cm³/mol. The average Bonchev–Trinajstić information content (AvgIpc) is 3.16. The summed E-state index contributed by atoms with van der Waals surface area (Å²) >= 11 is 0. The third-order valence-electron chi connectivity index (χ3n) is 5.24. The Morgan fingerprint density at radius 3 is 2.68 bits per heavy atom. The van der Waals surface area contributed by atoms with Gasteiger partial charge in [0.1, 0.15) is 0 Å². The number of alkyl halides is 3. The van der Waals surface area contributed by atoms with Crippen molar-refractivity contribution >= 4 is 11.6 Å². The van der Waals surface area contributed by atoms with Crippen molar-refractivity contribution in [2.45, 2.75) is 38.3 Å². The van der Waals surface area contributed by atoms with Gasteiger partial charge in [0.2, 0.25) is 0 Å². The monoisotopic (exact) mass is 431 g/mol. The zero-order valence-corrected chi connectivity index (χ0v) is 16.9. The van der Waals surface area contributed by atoms with Gasteiger partial charge in [-0.15, -0.1) is 0 Å². The van der Waals surface area contributed by atoms with E-state index in [9.17, 15) is 18.0 Å². The maximum Gasteiger partial charge on any atom is 0.435 e. The van der Waals surface area contributed by atoms with Crippen LogP contribution in [0, 0.1) is 0 Å². The van der Waals surface area contributed by atoms with E-state index in [0.717, 1.165) is 6.42 Å². The van der Waals surface area contributed by atoms with Gasteiger partial charge in [0.15, 0.2) is 5.69 Å². The Balaban J connectivity index is 1.68. The molecule has 0 bridgehead atoms. The van der Waals surface area contributed by atoms with Gasteiger partial charge in [-0.2, -0.15) is 18.3 Å². The van der Waals surface area contributed by atoms with Crippen molar-refractivity contribution in [3.63, 3.8) is 0 Å². The second kappa shape index (κ2) is 8.01. The van der Waals surface area contributed by atoms with Crippen molar-refractivity contribution < 1.29 is 22.7 Å². The Morgan fingerprint density at radius 2 is 2.00 bits per heavy atom. The maximum absolute atomic E-state index is 13.6. The van der Waals surface area contributed by atoms with Gasteiger partial charge in [0, 0.05) is 11.1 Å². The number of hydrogen-bond acceptors (Lipinski definition) is 5. The number of anilines is 1. The number of nitrogens with zero attached hydrogens (tertiary/aromatic N) is 4. The zero-order valence-electron chi connectivity index (χ0n) is 16.9. The average molecular weight is 431 g/mol. The minimum absolute atomic E-state index is 0.0683. The number of halogens is 3. The molecule has 2 aromatic heterocycles. The molecular formula is C21H20F3N5O2. The van der Waals surface area contributed by atoms with E-state index in [0.29, 0.717) is 29.9 Å². The molecule has 1 atom stereocenters. The maximum atomic E-state index is 13.6. The van der Waals surface area contributed by atoms with Gasteiger partial charge in [-0.25, -0.2) is 14.6 Å². The van der Waals surface area contributed by atoms with E-state index < -0.39 is 17.8 Å². The first kappa shape index (κ1) is 20.8. The first-order chi connectivity index (χ1) is 14.8. The molecule has 10 heteroatoms. The van der Waals surface area contributed by atoms with Crippen LogP contribution in [0.3, 0.4) is 0 Å². The normalized spacial score (nSPS) is 16.0. The number of amides is 1. The largest absolute Gasteiger partial charge is 0.467 e. The first-order valence-corrected chi connectivity index (χ1v) is 9.74. The number of ether oxygens (including phenoxy) is 1. The summed E-state index contributed by atoms with van der Waals surface area (Å²) in [5, 5.41) is 6.57. The van der Waals surface area contributed by atoms with Gasteiger partial charge >= 0.3 is 12.2 Å². The van der Waals surface area contributed by atoms with E-state index in [1.165, 1.54) is 30.3 Å². The fourth-order valence-electron chi connectivity index (χ4n) is 3.83. The van der Waals surface area contributed by atoms with Crippen LogP contribution in [0.2, 0.25) is 0 Å². The molecule has 1 N–H and O–H groups in total. The molecule has 3 aromatic rings. The van der Waals surface area contributed by atoms with E-state index in [2.05, 4.69) is 20.4 Å². The third-order valence-corrected chi connectivity index (χ3v) is 5.24.